The fraction of sp³-hybridized carbons (Fsp3) is 0.182. The zero-order chi connectivity index (χ0) is 15.5. The lowest BCUT2D eigenvalue weighted by atomic mass is 10.0. The molecule has 0 bridgehead atoms. The number of hydrogen-bond acceptors (Lipinski definition) is 1. The highest BCUT2D eigenvalue weighted by Crippen LogP contribution is 2.37. The largest absolute Gasteiger partial charge is 0.312 e. The number of fused-ring (bicyclic) bond motifs is 3. The van der Waals surface area contributed by atoms with Crippen LogP contribution in [-0.4, -0.2) is 6.54 Å². The van der Waals surface area contributed by atoms with Crippen LogP contribution in [0.25, 0.3) is 11.1 Å². The van der Waals surface area contributed by atoms with E-state index in [-0.39, 0.29) is 24.8 Å². The Morgan fingerprint density at radius 1 is 0.720 bits per heavy atom. The highest BCUT2D eigenvalue weighted by molar-refractivity contribution is 5.85. The number of rotatable bonds is 5. The molecule has 3 aromatic carbocycles. The molecule has 25 heavy (non-hydrogen) atoms. The Labute approximate surface area is 162 Å². The van der Waals surface area contributed by atoms with Crippen LogP contribution < -0.4 is 5.32 Å². The molecule has 0 saturated heterocycles. The van der Waals surface area contributed by atoms with E-state index in [1.54, 1.807) is 0 Å². The van der Waals surface area contributed by atoms with Crippen molar-refractivity contribution in [2.24, 2.45) is 0 Å². The van der Waals surface area contributed by atoms with Crippen LogP contribution in [0.15, 0.2) is 72.8 Å². The molecule has 0 atom stereocenters. The Hall–Kier alpha value is -1.80. The SMILES string of the molecule is Cl.Cl.c1ccc(CCNCc2cccc3c2Cc2ccccc2-3)cc1. The molecule has 1 N–H and O–H groups in total. The summed E-state index contributed by atoms with van der Waals surface area (Å²) in [5.74, 6) is 0. The summed E-state index contributed by atoms with van der Waals surface area (Å²) in [6, 6.07) is 26.2. The zero-order valence-corrected chi connectivity index (χ0v) is 15.7. The second-order valence-corrected chi connectivity index (χ2v) is 6.19. The summed E-state index contributed by atoms with van der Waals surface area (Å²) >= 11 is 0. The van der Waals surface area contributed by atoms with Gasteiger partial charge in [-0.15, -0.1) is 24.8 Å². The number of benzene rings is 3. The first-order chi connectivity index (χ1) is 11.4. The molecule has 0 heterocycles. The molecule has 0 spiro atoms. The van der Waals surface area contributed by atoms with Gasteiger partial charge < -0.3 is 5.32 Å². The van der Waals surface area contributed by atoms with Crippen molar-refractivity contribution in [2.45, 2.75) is 19.4 Å². The molecule has 130 valence electrons. The van der Waals surface area contributed by atoms with Gasteiger partial charge in [-0.05, 0) is 52.8 Å². The van der Waals surface area contributed by atoms with Crippen LogP contribution >= 0.6 is 24.8 Å². The molecule has 0 aromatic heterocycles. The zero-order valence-electron chi connectivity index (χ0n) is 14.1. The number of nitrogens with one attached hydrogen (secondary N) is 1. The van der Waals surface area contributed by atoms with Crippen LogP contribution in [0.5, 0.6) is 0 Å². The molecular formula is C22H23Cl2N. The predicted molar refractivity (Wildman–Crippen MR) is 111 cm³/mol. The lowest BCUT2D eigenvalue weighted by molar-refractivity contribution is 0.684. The van der Waals surface area contributed by atoms with E-state index in [1.807, 2.05) is 0 Å². The lowest BCUT2D eigenvalue weighted by Gasteiger charge is -2.10. The van der Waals surface area contributed by atoms with Gasteiger partial charge in [-0.3, -0.25) is 0 Å². The monoisotopic (exact) mass is 371 g/mol. The van der Waals surface area contributed by atoms with Gasteiger partial charge in [0.05, 0.1) is 0 Å². The fourth-order valence-corrected chi connectivity index (χ4v) is 3.49. The summed E-state index contributed by atoms with van der Waals surface area (Å²) in [7, 11) is 0. The van der Waals surface area contributed by atoms with Crippen LogP contribution in [0.3, 0.4) is 0 Å². The van der Waals surface area contributed by atoms with Gasteiger partial charge in [-0.2, -0.15) is 0 Å². The molecule has 0 fully saturated rings. The molecule has 0 aliphatic heterocycles. The molecule has 0 radical (unpaired) electrons. The molecule has 0 saturated carbocycles. The minimum absolute atomic E-state index is 0. The fourth-order valence-electron chi connectivity index (χ4n) is 3.49. The molecule has 3 aromatic rings. The smallest absolute Gasteiger partial charge is 0.0208 e. The molecular weight excluding hydrogens is 349 g/mol. The normalized spacial score (nSPS) is 11.0. The summed E-state index contributed by atoms with van der Waals surface area (Å²) < 4.78 is 0. The Bertz CT molecular complexity index is 815. The van der Waals surface area contributed by atoms with Gasteiger partial charge in [0, 0.05) is 6.54 Å². The van der Waals surface area contributed by atoms with Crippen molar-refractivity contribution in [3.63, 3.8) is 0 Å². The van der Waals surface area contributed by atoms with E-state index >= 15 is 0 Å². The van der Waals surface area contributed by atoms with Crippen molar-refractivity contribution in [1.82, 2.24) is 5.32 Å². The molecule has 1 nitrogen and oxygen atoms in total. The van der Waals surface area contributed by atoms with E-state index in [0.717, 1.165) is 25.9 Å². The van der Waals surface area contributed by atoms with Crippen LogP contribution in [-0.2, 0) is 19.4 Å². The highest BCUT2D eigenvalue weighted by Gasteiger charge is 2.19. The van der Waals surface area contributed by atoms with Crippen molar-refractivity contribution >= 4 is 24.8 Å². The van der Waals surface area contributed by atoms with E-state index in [0.29, 0.717) is 0 Å². The van der Waals surface area contributed by atoms with Crippen molar-refractivity contribution in [3.05, 3.63) is 95.1 Å². The maximum absolute atomic E-state index is 3.61. The average molecular weight is 372 g/mol. The van der Waals surface area contributed by atoms with E-state index in [9.17, 15) is 0 Å². The topological polar surface area (TPSA) is 12.0 Å². The second kappa shape index (κ2) is 9.05. The lowest BCUT2D eigenvalue weighted by Crippen LogP contribution is -2.17. The first kappa shape index (κ1) is 19.5. The minimum Gasteiger partial charge on any atom is -0.312 e. The maximum atomic E-state index is 3.61. The minimum atomic E-state index is 0. The van der Waals surface area contributed by atoms with Gasteiger partial charge in [0.25, 0.3) is 0 Å². The maximum Gasteiger partial charge on any atom is 0.0208 e. The van der Waals surface area contributed by atoms with Gasteiger partial charge >= 0.3 is 0 Å². The summed E-state index contributed by atoms with van der Waals surface area (Å²) in [6.45, 7) is 1.96. The number of hydrogen-bond donors (Lipinski definition) is 1. The van der Waals surface area contributed by atoms with Gasteiger partial charge in [0.1, 0.15) is 0 Å². The quantitative estimate of drug-likeness (QED) is 0.461. The van der Waals surface area contributed by atoms with E-state index in [2.05, 4.69) is 78.1 Å². The standard InChI is InChI=1S/C22H21N.2ClH/c1-2-7-17(8-3-1)13-14-23-16-19-10-6-12-21-20-11-5-4-9-18(20)15-22(19)21;;/h1-12,23H,13-16H2;2*1H. The van der Waals surface area contributed by atoms with Crippen LogP contribution in [0.1, 0.15) is 22.3 Å². The summed E-state index contributed by atoms with van der Waals surface area (Å²) in [5.41, 5.74) is 8.62. The van der Waals surface area contributed by atoms with E-state index < -0.39 is 0 Å². The van der Waals surface area contributed by atoms with Crippen molar-refractivity contribution < 1.29 is 0 Å². The van der Waals surface area contributed by atoms with E-state index in [4.69, 9.17) is 0 Å². The summed E-state index contributed by atoms with van der Waals surface area (Å²) in [5, 5.41) is 3.61. The van der Waals surface area contributed by atoms with E-state index in [1.165, 1.54) is 33.4 Å². The average Bonchev–Trinajstić information content (AvgIpc) is 2.99. The van der Waals surface area contributed by atoms with Gasteiger partial charge in [0.2, 0.25) is 0 Å². The third-order valence-electron chi connectivity index (χ3n) is 4.70. The van der Waals surface area contributed by atoms with Crippen molar-refractivity contribution in [3.8, 4) is 11.1 Å². The van der Waals surface area contributed by atoms with Crippen LogP contribution in [0, 0.1) is 0 Å². The predicted octanol–water partition coefficient (Wildman–Crippen LogP) is 5.43. The first-order valence-corrected chi connectivity index (χ1v) is 8.35. The third kappa shape index (κ3) is 4.24. The molecule has 3 heteroatoms. The third-order valence-corrected chi connectivity index (χ3v) is 4.70. The molecule has 0 amide bonds. The van der Waals surface area contributed by atoms with Crippen molar-refractivity contribution in [1.29, 1.82) is 0 Å². The van der Waals surface area contributed by atoms with Gasteiger partial charge in [-0.1, -0.05) is 72.8 Å². The Kier molecular flexibility index (Phi) is 7.07. The van der Waals surface area contributed by atoms with Gasteiger partial charge in [-0.25, -0.2) is 0 Å². The molecule has 4 rings (SSSR count). The first-order valence-electron chi connectivity index (χ1n) is 8.35. The molecule has 0 unspecified atom stereocenters. The molecule has 1 aliphatic rings. The highest BCUT2D eigenvalue weighted by atomic mass is 35.5. The Balaban J connectivity index is 0.00000113. The summed E-state index contributed by atoms with van der Waals surface area (Å²) in [4.78, 5) is 0. The summed E-state index contributed by atoms with van der Waals surface area (Å²) in [6.07, 6.45) is 2.15. The Morgan fingerprint density at radius 3 is 2.28 bits per heavy atom. The van der Waals surface area contributed by atoms with Crippen LogP contribution in [0.2, 0.25) is 0 Å². The number of halogens is 2. The van der Waals surface area contributed by atoms with Crippen molar-refractivity contribution in [2.75, 3.05) is 6.54 Å². The Morgan fingerprint density at radius 2 is 1.44 bits per heavy atom. The molecule has 1 aliphatic carbocycles. The van der Waals surface area contributed by atoms with Gasteiger partial charge in [0.15, 0.2) is 0 Å². The second-order valence-electron chi connectivity index (χ2n) is 6.19. The van der Waals surface area contributed by atoms with Crippen LogP contribution in [0.4, 0.5) is 0 Å².